The quantitative estimate of drug-likeness (QED) is 0.570. The minimum atomic E-state index is -0.321. The van der Waals surface area contributed by atoms with E-state index in [1.807, 2.05) is 6.07 Å². The van der Waals surface area contributed by atoms with Crippen molar-refractivity contribution in [1.29, 1.82) is 0 Å². The van der Waals surface area contributed by atoms with Gasteiger partial charge in [-0.25, -0.2) is 0 Å². The number of aryl methyl sites for hydroxylation is 1. The van der Waals surface area contributed by atoms with Crippen molar-refractivity contribution in [1.82, 2.24) is 0 Å². The number of hydrogen-bond acceptors (Lipinski definition) is 4. The van der Waals surface area contributed by atoms with Crippen molar-refractivity contribution in [2.24, 2.45) is 5.16 Å². The molecule has 0 radical (unpaired) electrons. The number of nitrogens with one attached hydrogen (secondary N) is 1. The molecule has 0 saturated carbocycles. The highest BCUT2D eigenvalue weighted by atomic mass is 16.4. The molecule has 1 aliphatic rings. The summed E-state index contributed by atoms with van der Waals surface area (Å²) in [5, 5.41) is 14.4. The van der Waals surface area contributed by atoms with Gasteiger partial charge in [-0.2, -0.15) is 0 Å². The van der Waals surface area contributed by atoms with Gasteiger partial charge in [0.15, 0.2) is 0 Å². The third-order valence-electron chi connectivity index (χ3n) is 2.70. The highest BCUT2D eigenvalue weighted by Crippen LogP contribution is 2.26. The van der Waals surface area contributed by atoms with Crippen LogP contribution in [0.15, 0.2) is 23.4 Å². The van der Waals surface area contributed by atoms with E-state index in [4.69, 9.17) is 5.21 Å². The molecule has 0 aromatic heterocycles. The molecule has 0 aliphatic heterocycles. The summed E-state index contributed by atoms with van der Waals surface area (Å²) in [5.74, 6) is -0.558. The van der Waals surface area contributed by atoms with Crippen LogP contribution in [0.4, 0.5) is 5.69 Å². The Labute approximate surface area is 98.1 Å². The number of nitrogens with zero attached hydrogens (tertiary/aromatic N) is 1. The fraction of sp³-hybridized carbons (Fsp3) is 0.250. The first kappa shape index (κ1) is 11.3. The number of carbonyl (C=O) groups is 2. The van der Waals surface area contributed by atoms with Crippen LogP contribution in [0.25, 0.3) is 0 Å². The van der Waals surface area contributed by atoms with Crippen LogP contribution in [-0.2, 0) is 11.2 Å². The van der Waals surface area contributed by atoms with Crippen LogP contribution in [0.1, 0.15) is 29.3 Å². The van der Waals surface area contributed by atoms with Gasteiger partial charge >= 0.3 is 0 Å². The Balaban J connectivity index is 2.52. The van der Waals surface area contributed by atoms with Gasteiger partial charge in [0.1, 0.15) is 5.71 Å². The summed E-state index contributed by atoms with van der Waals surface area (Å²) in [7, 11) is 0. The van der Waals surface area contributed by atoms with E-state index in [0.717, 1.165) is 5.56 Å². The molecule has 0 bridgehead atoms. The molecule has 5 nitrogen and oxygen atoms in total. The zero-order valence-corrected chi connectivity index (χ0v) is 9.36. The van der Waals surface area contributed by atoms with Crippen molar-refractivity contribution >= 4 is 23.1 Å². The lowest BCUT2D eigenvalue weighted by Gasteiger charge is -2.18. The Morgan fingerprint density at radius 1 is 1.41 bits per heavy atom. The number of rotatable bonds is 1. The molecule has 0 heterocycles. The number of Topliss-reactive ketones (excluding diaryl/α,β-unsaturated/α-hetero) is 1. The average Bonchev–Trinajstić information content (AvgIpc) is 2.29. The fourth-order valence-corrected chi connectivity index (χ4v) is 1.98. The van der Waals surface area contributed by atoms with E-state index in [0.29, 0.717) is 24.1 Å². The first-order valence-corrected chi connectivity index (χ1v) is 5.28. The highest BCUT2D eigenvalue weighted by Gasteiger charge is 2.26. The highest BCUT2D eigenvalue weighted by molar-refractivity contribution is 6.48. The number of ketones is 1. The number of hydrogen-bond donors (Lipinski definition) is 2. The smallest absolute Gasteiger partial charge is 0.221 e. The maximum absolute atomic E-state index is 12.0. The Morgan fingerprint density at radius 3 is 2.82 bits per heavy atom. The topological polar surface area (TPSA) is 78.8 Å². The van der Waals surface area contributed by atoms with Crippen LogP contribution >= 0.6 is 0 Å². The van der Waals surface area contributed by atoms with Crippen molar-refractivity contribution in [2.45, 2.75) is 19.8 Å². The summed E-state index contributed by atoms with van der Waals surface area (Å²) < 4.78 is 0. The van der Waals surface area contributed by atoms with E-state index < -0.39 is 0 Å². The summed E-state index contributed by atoms with van der Waals surface area (Å²) in [6.45, 7) is 1.38. The monoisotopic (exact) mass is 232 g/mol. The molecule has 1 amide bonds. The van der Waals surface area contributed by atoms with Gasteiger partial charge in [-0.15, -0.1) is 0 Å². The molecule has 88 valence electrons. The Kier molecular flexibility index (Phi) is 2.91. The molecule has 1 aromatic carbocycles. The van der Waals surface area contributed by atoms with E-state index in [9.17, 15) is 9.59 Å². The van der Waals surface area contributed by atoms with Crippen molar-refractivity contribution < 1.29 is 14.8 Å². The van der Waals surface area contributed by atoms with E-state index in [1.54, 1.807) is 12.1 Å². The lowest BCUT2D eigenvalue weighted by atomic mass is 9.88. The Morgan fingerprint density at radius 2 is 2.18 bits per heavy atom. The van der Waals surface area contributed by atoms with Gasteiger partial charge in [0.05, 0.1) is 11.3 Å². The number of anilines is 1. The molecule has 0 fully saturated rings. The van der Waals surface area contributed by atoms with Crippen LogP contribution in [0, 0.1) is 0 Å². The van der Waals surface area contributed by atoms with Gasteiger partial charge in [0.2, 0.25) is 11.7 Å². The predicted octanol–water partition coefficient (Wildman–Crippen LogP) is 1.60. The van der Waals surface area contributed by atoms with Gasteiger partial charge in [-0.05, 0) is 18.1 Å². The van der Waals surface area contributed by atoms with E-state index in [2.05, 4.69) is 10.5 Å². The third kappa shape index (κ3) is 2.04. The van der Waals surface area contributed by atoms with Crippen LogP contribution in [0.5, 0.6) is 0 Å². The van der Waals surface area contributed by atoms with E-state index >= 15 is 0 Å². The second kappa shape index (κ2) is 4.37. The lowest BCUT2D eigenvalue weighted by Crippen LogP contribution is -2.24. The van der Waals surface area contributed by atoms with Crippen LogP contribution in [0.3, 0.4) is 0 Å². The summed E-state index contributed by atoms with van der Waals surface area (Å²) in [4.78, 5) is 23.1. The van der Waals surface area contributed by atoms with Crippen molar-refractivity contribution in [3.05, 3.63) is 29.3 Å². The average molecular weight is 232 g/mol. The minimum absolute atomic E-state index is 0.135. The van der Waals surface area contributed by atoms with Crippen LogP contribution < -0.4 is 5.32 Å². The summed E-state index contributed by atoms with van der Waals surface area (Å²) in [5.41, 5.74) is 1.91. The predicted molar refractivity (Wildman–Crippen MR) is 62.6 cm³/mol. The maximum atomic E-state index is 12.0. The van der Waals surface area contributed by atoms with Crippen molar-refractivity contribution in [3.8, 4) is 0 Å². The molecule has 0 unspecified atom stereocenters. The van der Waals surface area contributed by atoms with Crippen LogP contribution in [-0.4, -0.2) is 22.6 Å². The van der Waals surface area contributed by atoms with Gasteiger partial charge in [-0.1, -0.05) is 17.3 Å². The fourth-order valence-electron chi connectivity index (χ4n) is 1.98. The number of amides is 1. The summed E-state index contributed by atoms with van der Waals surface area (Å²) in [6, 6.07) is 5.30. The molecule has 0 saturated heterocycles. The molecule has 17 heavy (non-hydrogen) atoms. The maximum Gasteiger partial charge on any atom is 0.221 e. The zero-order chi connectivity index (χ0) is 12.4. The molecule has 2 rings (SSSR count). The molecule has 2 N–H and O–H groups in total. The Hall–Kier alpha value is -2.17. The van der Waals surface area contributed by atoms with E-state index in [-0.39, 0.29) is 17.4 Å². The molecular weight excluding hydrogens is 220 g/mol. The van der Waals surface area contributed by atoms with Gasteiger partial charge in [0.25, 0.3) is 0 Å². The number of fused-ring (bicyclic) bond motifs is 1. The second-order valence-corrected chi connectivity index (χ2v) is 3.90. The van der Waals surface area contributed by atoms with E-state index in [1.165, 1.54) is 6.92 Å². The van der Waals surface area contributed by atoms with Crippen molar-refractivity contribution in [3.63, 3.8) is 0 Å². The molecule has 0 atom stereocenters. The SMILES string of the molecule is CC(=O)Nc1cccc2c1C(=O)C(=NO)CC2. The zero-order valence-electron chi connectivity index (χ0n) is 9.36. The number of carbonyl (C=O) groups excluding carboxylic acids is 2. The van der Waals surface area contributed by atoms with Gasteiger partial charge in [-0.3, -0.25) is 9.59 Å². The van der Waals surface area contributed by atoms with Gasteiger partial charge in [0, 0.05) is 13.3 Å². The largest absolute Gasteiger partial charge is 0.411 e. The third-order valence-corrected chi connectivity index (χ3v) is 2.70. The number of oxime groups is 1. The standard InChI is InChI=1S/C12H12N2O3/c1-7(15)13-9-4-2-3-8-5-6-10(14-17)12(16)11(8)9/h2-4,17H,5-6H2,1H3,(H,13,15). The normalized spacial score (nSPS) is 16.8. The molecule has 5 heteroatoms. The van der Waals surface area contributed by atoms with Crippen molar-refractivity contribution in [2.75, 3.05) is 5.32 Å². The lowest BCUT2D eigenvalue weighted by molar-refractivity contribution is -0.114. The van der Waals surface area contributed by atoms with Gasteiger partial charge < -0.3 is 10.5 Å². The number of benzene rings is 1. The first-order valence-electron chi connectivity index (χ1n) is 5.28. The molecule has 1 aromatic rings. The molecule has 0 spiro atoms. The first-order chi connectivity index (χ1) is 8.13. The minimum Gasteiger partial charge on any atom is -0.411 e. The second-order valence-electron chi connectivity index (χ2n) is 3.90. The van der Waals surface area contributed by atoms with Crippen LogP contribution in [0.2, 0.25) is 0 Å². The molecule has 1 aliphatic carbocycles. The Bertz CT molecular complexity index is 520. The summed E-state index contributed by atoms with van der Waals surface area (Å²) >= 11 is 0. The summed E-state index contributed by atoms with van der Waals surface area (Å²) in [6.07, 6.45) is 1.06. The molecular formula is C12H12N2O3.